The van der Waals surface area contributed by atoms with E-state index in [1.807, 2.05) is 75.4 Å². The molecule has 37 heavy (non-hydrogen) atoms. The molecule has 0 aromatic heterocycles. The number of carbonyl (C=O) groups is 4. The molecule has 1 aliphatic rings. The first-order valence-electron chi connectivity index (χ1n) is 12.4. The van der Waals surface area contributed by atoms with E-state index in [1.165, 1.54) is 5.01 Å². The minimum atomic E-state index is -0.912. The number of hydrazine groups is 1. The monoisotopic (exact) mass is 497 g/mol. The van der Waals surface area contributed by atoms with Crippen LogP contribution >= 0.6 is 0 Å². The molecule has 0 saturated carbocycles. The van der Waals surface area contributed by atoms with E-state index in [4.69, 9.17) is 0 Å². The Balaban J connectivity index is 1.42. The van der Waals surface area contributed by atoms with Gasteiger partial charge in [-0.3, -0.25) is 24.6 Å². The third-order valence-corrected chi connectivity index (χ3v) is 6.71. The Bertz CT molecular complexity index is 1380. The average Bonchev–Trinajstić information content (AvgIpc) is 2.97. The first-order valence-corrected chi connectivity index (χ1v) is 12.4. The van der Waals surface area contributed by atoms with Crippen molar-refractivity contribution in [3.8, 4) is 11.1 Å². The number of anilines is 1. The molecular formula is C30H31N3O4. The van der Waals surface area contributed by atoms with Gasteiger partial charge in [0.05, 0.1) is 11.6 Å². The maximum absolute atomic E-state index is 13.4. The Morgan fingerprint density at radius 3 is 2.32 bits per heavy atom. The number of ketones is 1. The molecule has 3 amide bonds. The molecule has 1 heterocycles. The van der Waals surface area contributed by atoms with Crippen molar-refractivity contribution >= 4 is 29.2 Å². The average molecular weight is 498 g/mol. The van der Waals surface area contributed by atoms with Gasteiger partial charge >= 0.3 is 0 Å². The van der Waals surface area contributed by atoms with Gasteiger partial charge in [-0.05, 0) is 50.5 Å². The van der Waals surface area contributed by atoms with Gasteiger partial charge in [0, 0.05) is 24.0 Å². The van der Waals surface area contributed by atoms with Gasteiger partial charge in [-0.25, -0.2) is 5.01 Å². The summed E-state index contributed by atoms with van der Waals surface area (Å²) in [6.07, 6.45) is -0.000571. The molecule has 3 aromatic carbocycles. The highest BCUT2D eigenvalue weighted by molar-refractivity contribution is 6.07. The van der Waals surface area contributed by atoms with E-state index in [0.29, 0.717) is 11.3 Å². The van der Waals surface area contributed by atoms with E-state index < -0.39 is 23.8 Å². The topological polar surface area (TPSA) is 95.6 Å². The van der Waals surface area contributed by atoms with Gasteiger partial charge in [0.2, 0.25) is 5.91 Å². The summed E-state index contributed by atoms with van der Waals surface area (Å²) in [4.78, 5) is 51.5. The van der Waals surface area contributed by atoms with Gasteiger partial charge in [0.15, 0.2) is 5.78 Å². The summed E-state index contributed by atoms with van der Waals surface area (Å²) in [6, 6.07) is 19.7. The first kappa shape index (κ1) is 25.8. The number of nitrogens with one attached hydrogen (secondary N) is 2. The number of Topliss-reactive ketones (excluding diaryl/α,β-unsaturated/α-hetero) is 1. The zero-order valence-corrected chi connectivity index (χ0v) is 21.5. The van der Waals surface area contributed by atoms with Crippen LogP contribution in [0.1, 0.15) is 59.7 Å². The lowest BCUT2D eigenvalue weighted by Gasteiger charge is -2.27. The fraction of sp³-hybridized carbons (Fsp3) is 0.267. The quantitative estimate of drug-likeness (QED) is 0.466. The second-order valence-electron chi connectivity index (χ2n) is 9.51. The summed E-state index contributed by atoms with van der Waals surface area (Å²) < 4.78 is 0. The zero-order chi connectivity index (χ0) is 26.7. The van der Waals surface area contributed by atoms with E-state index in [-0.39, 0.29) is 24.5 Å². The highest BCUT2D eigenvalue weighted by atomic mass is 16.2. The number of carbonyl (C=O) groups excluding carboxylic acids is 4. The van der Waals surface area contributed by atoms with Gasteiger partial charge in [0.1, 0.15) is 6.04 Å². The van der Waals surface area contributed by atoms with Crippen molar-refractivity contribution in [2.75, 3.05) is 5.01 Å². The predicted octanol–water partition coefficient (Wildman–Crippen LogP) is 4.62. The van der Waals surface area contributed by atoms with Crippen LogP contribution in [0.25, 0.3) is 11.1 Å². The van der Waals surface area contributed by atoms with Gasteiger partial charge in [-0.2, -0.15) is 0 Å². The number of hydrogen-bond acceptors (Lipinski definition) is 4. The Morgan fingerprint density at radius 1 is 0.919 bits per heavy atom. The number of benzene rings is 3. The summed E-state index contributed by atoms with van der Waals surface area (Å²) in [5.74, 6) is -1.82. The van der Waals surface area contributed by atoms with E-state index in [1.54, 1.807) is 19.1 Å². The van der Waals surface area contributed by atoms with Crippen molar-refractivity contribution in [2.45, 2.75) is 52.5 Å². The molecule has 0 aliphatic carbocycles. The second kappa shape index (κ2) is 10.8. The van der Waals surface area contributed by atoms with Crippen LogP contribution in [0.3, 0.4) is 0 Å². The molecule has 0 fully saturated rings. The maximum atomic E-state index is 13.4. The van der Waals surface area contributed by atoms with E-state index in [2.05, 4.69) is 10.7 Å². The molecular weight excluding hydrogens is 466 g/mol. The molecule has 190 valence electrons. The molecule has 0 saturated heterocycles. The lowest BCUT2D eigenvalue weighted by Crippen LogP contribution is -2.54. The van der Waals surface area contributed by atoms with Crippen LogP contribution in [-0.4, -0.2) is 29.5 Å². The Labute approximate surface area is 216 Å². The molecule has 7 nitrogen and oxygen atoms in total. The lowest BCUT2D eigenvalue weighted by atomic mass is 9.92. The smallest absolute Gasteiger partial charge is 0.261 e. The standard InChI is InChI=1S/C30H31N3O4/c1-18-13-14-22(19(2)17-18)27(34)15-16-28(35)31-21(4)29(36)32-33-26-12-8-7-11-25(26)24-10-6-5-9-23(24)20(3)30(33)37/h5-14,17,20-21H,15-16H2,1-4H3,(H,31,35)(H,32,36)/t20?,21-/m0/s1. The number of rotatable bonds is 7. The number of fused-ring (bicyclic) bond motifs is 3. The van der Waals surface area contributed by atoms with Crippen LogP contribution in [0.4, 0.5) is 5.69 Å². The van der Waals surface area contributed by atoms with Crippen molar-refractivity contribution in [1.29, 1.82) is 0 Å². The molecule has 2 atom stereocenters. The normalized spacial score (nSPS) is 15.2. The summed E-state index contributed by atoms with van der Waals surface area (Å²) in [7, 11) is 0. The number of amides is 3. The summed E-state index contributed by atoms with van der Waals surface area (Å²) in [5.41, 5.74) is 8.45. The highest BCUT2D eigenvalue weighted by Crippen LogP contribution is 2.39. The maximum Gasteiger partial charge on any atom is 0.261 e. The van der Waals surface area contributed by atoms with Crippen LogP contribution in [0.5, 0.6) is 0 Å². The molecule has 0 radical (unpaired) electrons. The highest BCUT2D eigenvalue weighted by Gasteiger charge is 2.33. The minimum Gasteiger partial charge on any atom is -0.345 e. The largest absolute Gasteiger partial charge is 0.345 e. The van der Waals surface area contributed by atoms with Crippen LogP contribution in [0.15, 0.2) is 66.7 Å². The third kappa shape index (κ3) is 5.45. The van der Waals surface area contributed by atoms with Crippen LogP contribution < -0.4 is 15.8 Å². The number of nitrogens with zero attached hydrogens (tertiary/aromatic N) is 1. The van der Waals surface area contributed by atoms with Gasteiger partial charge in [-0.1, -0.05) is 66.2 Å². The van der Waals surface area contributed by atoms with Gasteiger partial charge in [0.25, 0.3) is 11.8 Å². The second-order valence-corrected chi connectivity index (χ2v) is 9.51. The summed E-state index contributed by atoms with van der Waals surface area (Å²) >= 11 is 0. The van der Waals surface area contributed by atoms with Crippen LogP contribution in [0, 0.1) is 13.8 Å². The van der Waals surface area contributed by atoms with E-state index in [9.17, 15) is 19.2 Å². The predicted molar refractivity (Wildman–Crippen MR) is 143 cm³/mol. The summed E-state index contributed by atoms with van der Waals surface area (Å²) in [5, 5.41) is 3.91. The third-order valence-electron chi connectivity index (χ3n) is 6.71. The van der Waals surface area contributed by atoms with Crippen molar-refractivity contribution in [1.82, 2.24) is 10.7 Å². The number of aryl methyl sites for hydroxylation is 2. The van der Waals surface area contributed by atoms with E-state index in [0.717, 1.165) is 27.8 Å². The summed E-state index contributed by atoms with van der Waals surface area (Å²) in [6.45, 7) is 7.18. The van der Waals surface area contributed by atoms with Crippen molar-refractivity contribution in [2.24, 2.45) is 0 Å². The van der Waals surface area contributed by atoms with Gasteiger partial charge in [-0.15, -0.1) is 0 Å². The molecule has 1 aliphatic heterocycles. The molecule has 0 spiro atoms. The fourth-order valence-electron chi connectivity index (χ4n) is 4.65. The fourth-order valence-corrected chi connectivity index (χ4v) is 4.65. The lowest BCUT2D eigenvalue weighted by molar-refractivity contribution is -0.130. The van der Waals surface area contributed by atoms with Crippen molar-refractivity contribution < 1.29 is 19.2 Å². The molecule has 0 bridgehead atoms. The van der Waals surface area contributed by atoms with Crippen molar-refractivity contribution in [3.05, 3.63) is 89.0 Å². The van der Waals surface area contributed by atoms with Crippen molar-refractivity contribution in [3.63, 3.8) is 0 Å². The minimum absolute atomic E-state index is 0.0395. The Morgan fingerprint density at radius 2 is 1.59 bits per heavy atom. The Kier molecular flexibility index (Phi) is 7.53. The SMILES string of the molecule is Cc1ccc(C(=O)CCC(=O)N[C@@H](C)C(=O)NN2C(=O)C(C)c3ccccc3-c3ccccc32)c(C)c1. The molecule has 1 unspecified atom stereocenters. The number of para-hydroxylation sites is 1. The Hall–Kier alpha value is -4.26. The van der Waals surface area contributed by atoms with Crippen LogP contribution in [0.2, 0.25) is 0 Å². The van der Waals surface area contributed by atoms with Crippen LogP contribution in [-0.2, 0) is 14.4 Å². The van der Waals surface area contributed by atoms with Gasteiger partial charge < -0.3 is 5.32 Å². The first-order chi connectivity index (χ1) is 17.7. The van der Waals surface area contributed by atoms with E-state index >= 15 is 0 Å². The zero-order valence-electron chi connectivity index (χ0n) is 21.5. The number of hydrogen-bond donors (Lipinski definition) is 2. The molecule has 7 heteroatoms. The molecule has 4 rings (SSSR count). The molecule has 3 aromatic rings. The molecule has 2 N–H and O–H groups in total.